The van der Waals surface area contributed by atoms with Crippen molar-refractivity contribution in [1.82, 2.24) is 4.98 Å². The van der Waals surface area contributed by atoms with Crippen molar-refractivity contribution in [3.8, 4) is 0 Å². The molecular formula is C11H11NS. The molecule has 0 unspecified atom stereocenters. The standard InChI is InChI=1S/C11H11NS/c1-2-13-10-7-9-5-3-4-6-11(9)12-8-10/h3-8H,2H2,1H3. The number of aromatic nitrogens is 1. The number of hydrogen-bond acceptors (Lipinski definition) is 2. The minimum absolute atomic E-state index is 1.07. The van der Waals surface area contributed by atoms with Crippen molar-refractivity contribution in [1.29, 1.82) is 0 Å². The quantitative estimate of drug-likeness (QED) is 0.672. The molecule has 0 saturated carbocycles. The van der Waals surface area contributed by atoms with E-state index < -0.39 is 0 Å². The SMILES string of the molecule is CCSc1cnc2ccccc2c1. The zero-order chi connectivity index (χ0) is 9.10. The van der Waals surface area contributed by atoms with Crippen LogP contribution in [0.2, 0.25) is 0 Å². The lowest BCUT2D eigenvalue weighted by atomic mass is 10.2. The Kier molecular flexibility index (Phi) is 2.50. The van der Waals surface area contributed by atoms with Crippen molar-refractivity contribution in [2.45, 2.75) is 11.8 Å². The minimum Gasteiger partial charge on any atom is -0.255 e. The van der Waals surface area contributed by atoms with E-state index in [4.69, 9.17) is 0 Å². The molecule has 0 amide bonds. The molecule has 0 aliphatic rings. The first-order valence-corrected chi connectivity index (χ1v) is 5.36. The molecule has 2 rings (SSSR count). The molecule has 1 nitrogen and oxygen atoms in total. The molecule has 0 saturated heterocycles. The highest BCUT2D eigenvalue weighted by Crippen LogP contribution is 2.20. The second kappa shape index (κ2) is 3.79. The molecule has 2 heteroatoms. The maximum atomic E-state index is 4.38. The van der Waals surface area contributed by atoms with Crippen LogP contribution >= 0.6 is 11.8 Å². The van der Waals surface area contributed by atoms with Crippen molar-refractivity contribution in [3.63, 3.8) is 0 Å². The van der Waals surface area contributed by atoms with E-state index in [0.29, 0.717) is 0 Å². The summed E-state index contributed by atoms with van der Waals surface area (Å²) in [5.41, 5.74) is 1.07. The average Bonchev–Trinajstić information content (AvgIpc) is 2.18. The average molecular weight is 189 g/mol. The fraction of sp³-hybridized carbons (Fsp3) is 0.182. The Balaban J connectivity index is 2.49. The van der Waals surface area contributed by atoms with Crippen molar-refractivity contribution in [2.75, 3.05) is 5.75 Å². The molecule has 0 N–H and O–H groups in total. The Hall–Kier alpha value is -1.02. The van der Waals surface area contributed by atoms with E-state index in [1.54, 1.807) is 0 Å². The summed E-state index contributed by atoms with van der Waals surface area (Å²) in [6.45, 7) is 2.15. The molecule has 0 radical (unpaired) electrons. The molecule has 2 aromatic rings. The monoisotopic (exact) mass is 189 g/mol. The number of hydrogen-bond donors (Lipinski definition) is 0. The number of fused-ring (bicyclic) bond motifs is 1. The van der Waals surface area contributed by atoms with Crippen LogP contribution in [0.1, 0.15) is 6.92 Å². The van der Waals surface area contributed by atoms with Gasteiger partial charge in [-0.25, -0.2) is 0 Å². The van der Waals surface area contributed by atoms with E-state index in [1.807, 2.05) is 36.2 Å². The zero-order valence-corrected chi connectivity index (χ0v) is 8.34. The van der Waals surface area contributed by atoms with Crippen molar-refractivity contribution < 1.29 is 0 Å². The van der Waals surface area contributed by atoms with E-state index in [1.165, 1.54) is 10.3 Å². The smallest absolute Gasteiger partial charge is 0.0702 e. The van der Waals surface area contributed by atoms with E-state index in [9.17, 15) is 0 Å². The summed E-state index contributed by atoms with van der Waals surface area (Å²) < 4.78 is 0. The predicted molar refractivity (Wildman–Crippen MR) is 58.1 cm³/mol. The number of para-hydroxylation sites is 1. The van der Waals surface area contributed by atoms with Gasteiger partial charge in [0.05, 0.1) is 5.52 Å². The minimum atomic E-state index is 1.07. The van der Waals surface area contributed by atoms with Gasteiger partial charge in [0, 0.05) is 16.5 Å². The normalized spacial score (nSPS) is 10.5. The summed E-state index contributed by atoms with van der Waals surface area (Å²) in [4.78, 5) is 5.63. The Labute approximate surface area is 82.2 Å². The zero-order valence-electron chi connectivity index (χ0n) is 7.53. The summed E-state index contributed by atoms with van der Waals surface area (Å²) in [6, 6.07) is 10.4. The summed E-state index contributed by atoms with van der Waals surface area (Å²) in [6.07, 6.45) is 1.94. The van der Waals surface area contributed by atoms with Gasteiger partial charge in [0.15, 0.2) is 0 Å². The Bertz CT molecular complexity index is 412. The fourth-order valence-electron chi connectivity index (χ4n) is 1.30. The first kappa shape index (κ1) is 8.57. The highest BCUT2D eigenvalue weighted by molar-refractivity contribution is 7.99. The topological polar surface area (TPSA) is 12.9 Å². The highest BCUT2D eigenvalue weighted by atomic mass is 32.2. The van der Waals surface area contributed by atoms with E-state index in [-0.39, 0.29) is 0 Å². The lowest BCUT2D eigenvalue weighted by molar-refractivity contribution is 1.30. The summed E-state index contributed by atoms with van der Waals surface area (Å²) in [7, 11) is 0. The van der Waals surface area contributed by atoms with Crippen LogP contribution in [0, 0.1) is 0 Å². The van der Waals surface area contributed by atoms with E-state index >= 15 is 0 Å². The van der Waals surface area contributed by atoms with Crippen LogP contribution in [0.25, 0.3) is 10.9 Å². The molecule has 0 aliphatic carbocycles. The van der Waals surface area contributed by atoms with Gasteiger partial charge in [0.2, 0.25) is 0 Å². The van der Waals surface area contributed by atoms with Crippen molar-refractivity contribution in [3.05, 3.63) is 36.5 Å². The summed E-state index contributed by atoms with van der Waals surface area (Å²) in [5, 5.41) is 1.22. The maximum absolute atomic E-state index is 4.38. The Morgan fingerprint density at radius 2 is 2.15 bits per heavy atom. The Morgan fingerprint density at radius 3 is 3.00 bits per heavy atom. The first-order chi connectivity index (χ1) is 6.40. The van der Waals surface area contributed by atoms with Crippen LogP contribution in [0.4, 0.5) is 0 Å². The van der Waals surface area contributed by atoms with Gasteiger partial charge >= 0.3 is 0 Å². The van der Waals surface area contributed by atoms with Crippen LogP contribution in [0.15, 0.2) is 41.4 Å². The summed E-state index contributed by atoms with van der Waals surface area (Å²) in [5.74, 6) is 1.10. The second-order valence-corrected chi connectivity index (χ2v) is 4.13. The third-order valence-electron chi connectivity index (χ3n) is 1.88. The molecule has 1 heterocycles. The van der Waals surface area contributed by atoms with Gasteiger partial charge in [-0.1, -0.05) is 25.1 Å². The van der Waals surface area contributed by atoms with Crippen LogP contribution < -0.4 is 0 Å². The molecule has 0 aliphatic heterocycles. The number of nitrogens with zero attached hydrogens (tertiary/aromatic N) is 1. The second-order valence-electron chi connectivity index (χ2n) is 2.80. The molecule has 66 valence electrons. The molecule has 0 fully saturated rings. The van der Waals surface area contributed by atoms with Crippen LogP contribution in [0.3, 0.4) is 0 Å². The predicted octanol–water partition coefficient (Wildman–Crippen LogP) is 3.35. The van der Waals surface area contributed by atoms with Gasteiger partial charge in [0.25, 0.3) is 0 Å². The Morgan fingerprint density at radius 1 is 1.31 bits per heavy atom. The van der Waals surface area contributed by atoms with E-state index in [0.717, 1.165) is 11.3 Å². The molecule has 1 aromatic carbocycles. The van der Waals surface area contributed by atoms with Crippen molar-refractivity contribution in [2.24, 2.45) is 0 Å². The molecule has 13 heavy (non-hydrogen) atoms. The third kappa shape index (κ3) is 1.83. The lowest BCUT2D eigenvalue weighted by Gasteiger charge is -2.00. The third-order valence-corrected chi connectivity index (χ3v) is 2.72. The van der Waals surface area contributed by atoms with Gasteiger partial charge in [0.1, 0.15) is 0 Å². The van der Waals surface area contributed by atoms with Gasteiger partial charge in [-0.2, -0.15) is 0 Å². The lowest BCUT2D eigenvalue weighted by Crippen LogP contribution is -1.79. The molecule has 0 spiro atoms. The number of benzene rings is 1. The van der Waals surface area contributed by atoms with Crippen LogP contribution in [-0.2, 0) is 0 Å². The molecule has 0 atom stereocenters. The molecular weight excluding hydrogens is 178 g/mol. The molecule has 0 bridgehead atoms. The van der Waals surface area contributed by atoms with Gasteiger partial charge in [-0.05, 0) is 17.9 Å². The fourth-order valence-corrected chi connectivity index (χ4v) is 1.97. The molecule has 1 aromatic heterocycles. The number of thioether (sulfide) groups is 1. The summed E-state index contributed by atoms with van der Waals surface area (Å²) >= 11 is 1.83. The van der Waals surface area contributed by atoms with E-state index in [2.05, 4.69) is 24.0 Å². The number of pyridine rings is 1. The van der Waals surface area contributed by atoms with Gasteiger partial charge < -0.3 is 0 Å². The van der Waals surface area contributed by atoms with Gasteiger partial charge in [-0.15, -0.1) is 11.8 Å². The van der Waals surface area contributed by atoms with Crippen LogP contribution in [0.5, 0.6) is 0 Å². The first-order valence-electron chi connectivity index (χ1n) is 4.38. The van der Waals surface area contributed by atoms with Crippen LogP contribution in [-0.4, -0.2) is 10.7 Å². The van der Waals surface area contributed by atoms with Gasteiger partial charge in [-0.3, -0.25) is 4.98 Å². The number of rotatable bonds is 2. The maximum Gasteiger partial charge on any atom is 0.0702 e. The highest BCUT2D eigenvalue weighted by Gasteiger charge is 1.95. The largest absolute Gasteiger partial charge is 0.255 e. The van der Waals surface area contributed by atoms with Crippen molar-refractivity contribution >= 4 is 22.7 Å².